The van der Waals surface area contributed by atoms with Crippen molar-refractivity contribution in [2.24, 2.45) is 0 Å². The first-order chi connectivity index (χ1) is 5.43. The SMILES string of the molecule is CC(=O)NC1(C)CN(C(C)C)C1. The summed E-state index contributed by atoms with van der Waals surface area (Å²) in [4.78, 5) is 13.1. The Labute approximate surface area is 74.1 Å². The van der Waals surface area contributed by atoms with Crippen molar-refractivity contribution < 1.29 is 4.79 Å². The molecule has 1 N–H and O–H groups in total. The van der Waals surface area contributed by atoms with E-state index >= 15 is 0 Å². The van der Waals surface area contributed by atoms with Gasteiger partial charge in [-0.15, -0.1) is 0 Å². The van der Waals surface area contributed by atoms with Crippen LogP contribution in [0.15, 0.2) is 0 Å². The van der Waals surface area contributed by atoms with E-state index in [2.05, 4.69) is 31.0 Å². The predicted molar refractivity (Wildman–Crippen MR) is 48.9 cm³/mol. The number of hydrogen-bond donors (Lipinski definition) is 1. The van der Waals surface area contributed by atoms with Gasteiger partial charge in [-0.2, -0.15) is 0 Å². The summed E-state index contributed by atoms with van der Waals surface area (Å²) in [6, 6.07) is 0.590. The van der Waals surface area contributed by atoms with E-state index in [4.69, 9.17) is 0 Å². The number of rotatable bonds is 2. The summed E-state index contributed by atoms with van der Waals surface area (Å²) < 4.78 is 0. The molecular formula is C9H18N2O. The van der Waals surface area contributed by atoms with Crippen LogP contribution in [-0.2, 0) is 4.79 Å². The molecule has 1 heterocycles. The van der Waals surface area contributed by atoms with E-state index in [-0.39, 0.29) is 11.4 Å². The van der Waals surface area contributed by atoms with Gasteiger partial charge in [-0.25, -0.2) is 0 Å². The van der Waals surface area contributed by atoms with Gasteiger partial charge in [0, 0.05) is 26.1 Å². The van der Waals surface area contributed by atoms with Crippen molar-refractivity contribution in [3.05, 3.63) is 0 Å². The average molecular weight is 170 g/mol. The average Bonchev–Trinajstić information content (AvgIpc) is 1.80. The Balaban J connectivity index is 2.35. The zero-order valence-corrected chi connectivity index (χ0v) is 8.35. The summed E-state index contributed by atoms with van der Waals surface area (Å²) in [6.45, 7) is 9.96. The number of carbonyl (C=O) groups excluding carboxylic acids is 1. The van der Waals surface area contributed by atoms with Gasteiger partial charge in [0.05, 0.1) is 5.54 Å². The molecular weight excluding hydrogens is 152 g/mol. The van der Waals surface area contributed by atoms with Gasteiger partial charge in [0.1, 0.15) is 0 Å². The van der Waals surface area contributed by atoms with Crippen molar-refractivity contribution in [1.82, 2.24) is 10.2 Å². The van der Waals surface area contributed by atoms with Gasteiger partial charge in [-0.3, -0.25) is 9.69 Å². The van der Waals surface area contributed by atoms with E-state index in [1.165, 1.54) is 0 Å². The largest absolute Gasteiger partial charge is 0.349 e. The van der Waals surface area contributed by atoms with Crippen LogP contribution in [0, 0.1) is 0 Å². The third-order valence-corrected chi connectivity index (χ3v) is 2.31. The first-order valence-electron chi connectivity index (χ1n) is 4.46. The lowest BCUT2D eigenvalue weighted by Gasteiger charge is -2.50. The van der Waals surface area contributed by atoms with Crippen molar-refractivity contribution in [2.75, 3.05) is 13.1 Å². The number of amides is 1. The number of nitrogens with zero attached hydrogens (tertiary/aromatic N) is 1. The molecule has 3 heteroatoms. The van der Waals surface area contributed by atoms with Gasteiger partial charge in [-0.05, 0) is 20.8 Å². The van der Waals surface area contributed by atoms with Gasteiger partial charge >= 0.3 is 0 Å². The van der Waals surface area contributed by atoms with Crippen molar-refractivity contribution in [1.29, 1.82) is 0 Å². The van der Waals surface area contributed by atoms with Gasteiger partial charge in [-0.1, -0.05) is 0 Å². The van der Waals surface area contributed by atoms with E-state index in [1.807, 2.05) is 0 Å². The number of carbonyl (C=O) groups is 1. The van der Waals surface area contributed by atoms with E-state index < -0.39 is 0 Å². The summed E-state index contributed by atoms with van der Waals surface area (Å²) in [5.41, 5.74) is 0.0239. The van der Waals surface area contributed by atoms with E-state index in [9.17, 15) is 4.79 Å². The lowest BCUT2D eigenvalue weighted by Crippen LogP contribution is -2.69. The van der Waals surface area contributed by atoms with Crippen LogP contribution in [0.1, 0.15) is 27.7 Å². The molecule has 1 aliphatic rings. The van der Waals surface area contributed by atoms with E-state index in [1.54, 1.807) is 6.92 Å². The maximum absolute atomic E-state index is 10.8. The van der Waals surface area contributed by atoms with Crippen molar-refractivity contribution >= 4 is 5.91 Å². The highest BCUT2D eigenvalue weighted by molar-refractivity contribution is 5.74. The Kier molecular flexibility index (Phi) is 2.42. The topological polar surface area (TPSA) is 32.3 Å². The number of likely N-dealkylation sites (tertiary alicyclic amines) is 1. The fourth-order valence-corrected chi connectivity index (χ4v) is 1.72. The zero-order chi connectivity index (χ0) is 9.35. The first kappa shape index (κ1) is 9.52. The zero-order valence-electron chi connectivity index (χ0n) is 8.35. The highest BCUT2D eigenvalue weighted by atomic mass is 16.1. The molecule has 1 amide bonds. The molecule has 0 aliphatic carbocycles. The molecule has 1 fully saturated rings. The lowest BCUT2D eigenvalue weighted by molar-refractivity contribution is -0.123. The van der Waals surface area contributed by atoms with Gasteiger partial charge in [0.15, 0.2) is 0 Å². The smallest absolute Gasteiger partial charge is 0.217 e. The molecule has 70 valence electrons. The fourth-order valence-electron chi connectivity index (χ4n) is 1.72. The van der Waals surface area contributed by atoms with E-state index in [0.717, 1.165) is 13.1 Å². The molecule has 0 atom stereocenters. The third-order valence-electron chi connectivity index (χ3n) is 2.31. The van der Waals surface area contributed by atoms with Crippen molar-refractivity contribution in [2.45, 2.75) is 39.3 Å². The lowest BCUT2D eigenvalue weighted by atomic mass is 9.91. The number of hydrogen-bond acceptors (Lipinski definition) is 2. The molecule has 12 heavy (non-hydrogen) atoms. The molecule has 0 radical (unpaired) electrons. The minimum atomic E-state index is 0.0239. The molecule has 0 bridgehead atoms. The molecule has 1 aliphatic heterocycles. The Hall–Kier alpha value is -0.570. The van der Waals surface area contributed by atoms with Gasteiger partial charge < -0.3 is 5.32 Å². The van der Waals surface area contributed by atoms with E-state index in [0.29, 0.717) is 6.04 Å². The van der Waals surface area contributed by atoms with Crippen LogP contribution in [0.3, 0.4) is 0 Å². The molecule has 0 unspecified atom stereocenters. The molecule has 0 aromatic heterocycles. The maximum atomic E-state index is 10.8. The van der Waals surface area contributed by atoms with Crippen LogP contribution in [0.4, 0.5) is 0 Å². The second-order valence-electron chi connectivity index (χ2n) is 4.24. The molecule has 0 aromatic carbocycles. The minimum Gasteiger partial charge on any atom is -0.349 e. The van der Waals surface area contributed by atoms with Crippen LogP contribution in [0.25, 0.3) is 0 Å². The normalized spacial score (nSPS) is 22.1. The predicted octanol–water partition coefficient (Wildman–Crippen LogP) is 0.605. The molecule has 0 spiro atoms. The number of nitrogens with one attached hydrogen (secondary N) is 1. The molecule has 0 aromatic rings. The summed E-state index contributed by atoms with van der Waals surface area (Å²) in [5.74, 6) is 0.0703. The Morgan fingerprint density at radius 3 is 2.33 bits per heavy atom. The first-order valence-corrected chi connectivity index (χ1v) is 4.46. The van der Waals surface area contributed by atoms with Crippen molar-refractivity contribution in [3.8, 4) is 0 Å². The maximum Gasteiger partial charge on any atom is 0.217 e. The Morgan fingerprint density at radius 2 is 2.00 bits per heavy atom. The summed E-state index contributed by atoms with van der Waals surface area (Å²) >= 11 is 0. The molecule has 1 rings (SSSR count). The highest BCUT2D eigenvalue weighted by Crippen LogP contribution is 2.22. The van der Waals surface area contributed by atoms with Crippen LogP contribution in [0.5, 0.6) is 0 Å². The van der Waals surface area contributed by atoms with Crippen LogP contribution in [0.2, 0.25) is 0 Å². The quantitative estimate of drug-likeness (QED) is 0.658. The Morgan fingerprint density at radius 1 is 1.50 bits per heavy atom. The third kappa shape index (κ3) is 1.97. The second kappa shape index (κ2) is 3.05. The molecule has 3 nitrogen and oxygen atoms in total. The Bertz CT molecular complexity index is 183. The minimum absolute atomic E-state index is 0.0239. The monoisotopic (exact) mass is 170 g/mol. The summed E-state index contributed by atoms with van der Waals surface area (Å²) in [5, 5.41) is 2.96. The fraction of sp³-hybridized carbons (Fsp3) is 0.889. The highest BCUT2D eigenvalue weighted by Gasteiger charge is 2.39. The summed E-state index contributed by atoms with van der Waals surface area (Å²) in [6.07, 6.45) is 0. The van der Waals surface area contributed by atoms with Crippen molar-refractivity contribution in [3.63, 3.8) is 0 Å². The molecule has 1 saturated heterocycles. The standard InChI is InChI=1S/C9H18N2O/c1-7(2)11-5-9(4,6-11)10-8(3)12/h7H,5-6H2,1-4H3,(H,10,12). The summed E-state index contributed by atoms with van der Waals surface area (Å²) in [7, 11) is 0. The van der Waals surface area contributed by atoms with Gasteiger partial charge in [0.2, 0.25) is 5.91 Å². The van der Waals surface area contributed by atoms with Gasteiger partial charge in [0.25, 0.3) is 0 Å². The van der Waals surface area contributed by atoms with Crippen LogP contribution >= 0.6 is 0 Å². The van der Waals surface area contributed by atoms with Crippen LogP contribution < -0.4 is 5.32 Å². The second-order valence-corrected chi connectivity index (χ2v) is 4.24. The molecule has 0 saturated carbocycles. The van der Waals surface area contributed by atoms with Crippen LogP contribution in [-0.4, -0.2) is 35.5 Å².